The molecule has 0 spiro atoms. The third-order valence-electron chi connectivity index (χ3n) is 5.97. The second-order valence-electron chi connectivity index (χ2n) is 8.61. The first-order valence-corrected chi connectivity index (χ1v) is 11.7. The molecule has 1 heterocycles. The fourth-order valence-electron chi connectivity index (χ4n) is 3.93. The minimum absolute atomic E-state index is 0. The van der Waals surface area contributed by atoms with Gasteiger partial charge in [-0.05, 0) is 30.3 Å². The molecule has 0 saturated carbocycles. The molecular formula is C24H23ClF3N2NaO9. The number of nitrogens with one attached hydrogen (secondary N) is 2. The molecule has 40 heavy (non-hydrogen) atoms. The number of amides is 2. The van der Waals surface area contributed by atoms with E-state index in [1.165, 1.54) is 24.3 Å². The van der Waals surface area contributed by atoms with Gasteiger partial charge in [-0.25, -0.2) is 13.6 Å². The number of hydrogen-bond donors (Lipinski definition) is 5. The molecular weight excluding hydrogens is 576 g/mol. The first-order chi connectivity index (χ1) is 18.3. The molecule has 11 nitrogen and oxygen atoms in total. The Bertz CT molecular complexity index is 1210. The molecule has 2 aromatic carbocycles. The molecule has 0 aromatic heterocycles. The number of ether oxygens (including phenoxy) is 2. The predicted molar refractivity (Wildman–Crippen MR) is 124 cm³/mol. The number of carboxylic acids is 1. The number of carboxylic acid groups (broad SMARTS) is 1. The first kappa shape index (κ1) is 33.9. The van der Waals surface area contributed by atoms with Crippen molar-refractivity contribution in [1.82, 2.24) is 10.6 Å². The Labute approximate surface area is 252 Å². The zero-order valence-electron chi connectivity index (χ0n) is 20.9. The number of benzene rings is 2. The van der Waals surface area contributed by atoms with Gasteiger partial charge in [0.2, 0.25) is 5.79 Å². The van der Waals surface area contributed by atoms with Gasteiger partial charge in [0, 0.05) is 29.1 Å². The van der Waals surface area contributed by atoms with Gasteiger partial charge in [0.15, 0.2) is 11.6 Å². The van der Waals surface area contributed by atoms with Crippen LogP contribution in [0.5, 0.6) is 0 Å². The third kappa shape index (κ3) is 8.15. The van der Waals surface area contributed by atoms with E-state index in [9.17, 15) is 48.0 Å². The molecule has 2 aromatic rings. The van der Waals surface area contributed by atoms with Crippen LogP contribution in [0.1, 0.15) is 22.3 Å². The maximum absolute atomic E-state index is 14.1. The minimum atomic E-state index is -2.92. The topological polar surface area (TPSA) is 177 Å². The number of aliphatic hydroxyl groups excluding tert-OH is 3. The second kappa shape index (κ2) is 14.6. The Balaban J connectivity index is 0.00000560. The molecule has 6 atom stereocenters. The predicted octanol–water partition coefficient (Wildman–Crippen LogP) is -3.07. The van der Waals surface area contributed by atoms with Gasteiger partial charge in [-0.2, -0.15) is 0 Å². The standard InChI is InChI=1S/C24H24ClF3N2O9.Na/c25-13-6-4-11(5-7-13)21(34)29-9-16(32)19(33)20-18(30-23(28)37)15(31)8-24(39-20,22(35)36)38-10-12-2-1-3-14(26)17(12)27;/h1-7,15-16,18-20,31-33H,8-10H2,(H,29,34)(H,30,37)(H,35,36);/q;+1/p-1/t15-,16+,18+,19-,20+,24+;/m0./s1. The van der Waals surface area contributed by atoms with E-state index in [0.717, 1.165) is 18.2 Å². The largest absolute Gasteiger partial charge is 1.00 e. The Morgan fingerprint density at radius 1 is 1.18 bits per heavy atom. The number of rotatable bonds is 10. The van der Waals surface area contributed by atoms with Gasteiger partial charge < -0.3 is 45.3 Å². The summed E-state index contributed by atoms with van der Waals surface area (Å²) in [5.41, 5.74) is -0.295. The molecule has 1 aliphatic heterocycles. The summed E-state index contributed by atoms with van der Waals surface area (Å²) in [6.07, 6.45) is -11.3. The van der Waals surface area contributed by atoms with Crippen LogP contribution < -0.4 is 45.3 Å². The van der Waals surface area contributed by atoms with E-state index in [1.54, 1.807) is 5.32 Å². The maximum atomic E-state index is 14.1. The molecule has 0 unspecified atom stereocenters. The Morgan fingerprint density at radius 2 is 1.82 bits per heavy atom. The number of aliphatic carboxylic acids is 1. The number of carbonyl (C=O) groups is 3. The smallest absolute Gasteiger partial charge is 0.544 e. The molecule has 212 valence electrons. The van der Waals surface area contributed by atoms with Gasteiger partial charge >= 0.3 is 35.7 Å². The zero-order valence-corrected chi connectivity index (χ0v) is 23.6. The van der Waals surface area contributed by atoms with Gasteiger partial charge in [0.1, 0.15) is 18.2 Å². The van der Waals surface area contributed by atoms with Crippen LogP contribution in [0, 0.1) is 11.6 Å². The van der Waals surface area contributed by atoms with Crippen molar-refractivity contribution in [1.29, 1.82) is 0 Å². The summed E-state index contributed by atoms with van der Waals surface area (Å²) in [4.78, 5) is 35.4. The van der Waals surface area contributed by atoms with Crippen LogP contribution in [0.2, 0.25) is 5.02 Å². The molecule has 3 rings (SSSR count). The SMILES string of the molecule is O=C(F)N[C@H]1[C@H]([C@@H](O)[C@H](O)CNC(=O)c2ccc(Cl)cc2)O[C@@](OCc2cccc(F)c2F)(C(=O)[O-])C[C@@H]1O.[Na+]. The summed E-state index contributed by atoms with van der Waals surface area (Å²) >= 11 is 5.76. The zero-order chi connectivity index (χ0) is 28.9. The van der Waals surface area contributed by atoms with Crippen LogP contribution >= 0.6 is 11.6 Å². The van der Waals surface area contributed by atoms with Crippen molar-refractivity contribution in [2.75, 3.05) is 6.54 Å². The van der Waals surface area contributed by atoms with E-state index >= 15 is 0 Å². The van der Waals surface area contributed by atoms with Crippen molar-refractivity contribution in [3.63, 3.8) is 0 Å². The minimum Gasteiger partial charge on any atom is -0.544 e. The number of hydrogen-bond acceptors (Lipinski definition) is 9. The molecule has 0 aliphatic carbocycles. The molecule has 1 fully saturated rings. The third-order valence-corrected chi connectivity index (χ3v) is 6.22. The monoisotopic (exact) mass is 598 g/mol. The molecule has 0 radical (unpaired) electrons. The van der Waals surface area contributed by atoms with Crippen molar-refractivity contribution < 1.29 is 87.0 Å². The molecule has 5 N–H and O–H groups in total. The average molecular weight is 599 g/mol. The summed E-state index contributed by atoms with van der Waals surface area (Å²) in [5.74, 6) is -8.35. The molecule has 1 saturated heterocycles. The van der Waals surface area contributed by atoms with Crippen LogP contribution in [0.3, 0.4) is 0 Å². The number of halogens is 4. The quantitative estimate of drug-likeness (QED) is 0.108. The summed E-state index contributed by atoms with van der Waals surface area (Å²) < 4.78 is 51.3. The maximum Gasteiger partial charge on any atom is 1.00 e. The molecule has 2 amide bonds. The van der Waals surface area contributed by atoms with Crippen molar-refractivity contribution in [3.05, 3.63) is 70.2 Å². The van der Waals surface area contributed by atoms with Crippen LogP contribution in [-0.4, -0.2) is 76.1 Å². The van der Waals surface area contributed by atoms with Crippen LogP contribution in [0.25, 0.3) is 0 Å². The van der Waals surface area contributed by atoms with Gasteiger partial charge in [0.25, 0.3) is 5.91 Å². The normalized spacial score (nSPS) is 23.8. The van der Waals surface area contributed by atoms with E-state index in [4.69, 9.17) is 21.1 Å². The number of aliphatic hydroxyl groups is 3. The summed E-state index contributed by atoms with van der Waals surface area (Å²) in [6.45, 7) is -1.56. The second-order valence-corrected chi connectivity index (χ2v) is 9.05. The van der Waals surface area contributed by atoms with Gasteiger partial charge in [-0.1, -0.05) is 23.7 Å². The first-order valence-electron chi connectivity index (χ1n) is 11.3. The van der Waals surface area contributed by atoms with Gasteiger partial charge in [-0.15, -0.1) is 4.39 Å². The molecule has 1 aliphatic rings. The fraction of sp³-hybridized carbons (Fsp3) is 0.375. The van der Waals surface area contributed by atoms with E-state index in [0.29, 0.717) is 5.02 Å². The van der Waals surface area contributed by atoms with Crippen molar-refractivity contribution in [2.45, 2.75) is 49.3 Å². The Morgan fingerprint density at radius 3 is 2.42 bits per heavy atom. The Hall–Kier alpha value is -2.27. The molecule has 0 bridgehead atoms. The van der Waals surface area contributed by atoms with Crippen LogP contribution in [0.15, 0.2) is 42.5 Å². The van der Waals surface area contributed by atoms with E-state index in [-0.39, 0.29) is 35.1 Å². The average Bonchev–Trinajstić information content (AvgIpc) is 2.88. The van der Waals surface area contributed by atoms with Gasteiger partial charge in [-0.3, -0.25) is 4.79 Å². The Kier molecular flexibility index (Phi) is 12.4. The van der Waals surface area contributed by atoms with Crippen molar-refractivity contribution in [3.8, 4) is 0 Å². The van der Waals surface area contributed by atoms with Crippen molar-refractivity contribution in [2.24, 2.45) is 0 Å². The number of carbonyl (C=O) groups excluding carboxylic acids is 3. The summed E-state index contributed by atoms with van der Waals surface area (Å²) in [6, 6.07) is 6.79. The molecule has 16 heteroatoms. The van der Waals surface area contributed by atoms with E-state index < -0.39 is 91.1 Å². The van der Waals surface area contributed by atoms with Crippen molar-refractivity contribution >= 4 is 29.6 Å². The summed E-state index contributed by atoms with van der Waals surface area (Å²) in [5, 5.41) is 48.1. The van der Waals surface area contributed by atoms with Crippen LogP contribution in [0.4, 0.5) is 18.0 Å². The van der Waals surface area contributed by atoms with E-state index in [2.05, 4.69) is 5.32 Å². The fourth-order valence-corrected chi connectivity index (χ4v) is 4.06. The van der Waals surface area contributed by atoms with Gasteiger partial charge in [0.05, 0.1) is 24.9 Å². The summed E-state index contributed by atoms with van der Waals surface area (Å²) in [7, 11) is 0. The van der Waals surface area contributed by atoms with Crippen LogP contribution in [-0.2, 0) is 20.9 Å². The van der Waals surface area contributed by atoms with E-state index in [1.807, 2.05) is 0 Å².